The van der Waals surface area contributed by atoms with E-state index < -0.39 is 0 Å². The lowest BCUT2D eigenvalue weighted by molar-refractivity contribution is 0.416. The first-order valence-corrected chi connectivity index (χ1v) is 5.59. The van der Waals surface area contributed by atoms with E-state index >= 15 is 0 Å². The van der Waals surface area contributed by atoms with Crippen LogP contribution in [0.2, 0.25) is 5.02 Å². The van der Waals surface area contributed by atoms with Crippen LogP contribution in [0, 0.1) is 4.77 Å². The third-order valence-corrected chi connectivity index (χ3v) is 2.64. The van der Waals surface area contributed by atoms with Crippen molar-refractivity contribution in [1.82, 2.24) is 9.97 Å². The molecule has 4 nitrogen and oxygen atoms in total. The zero-order chi connectivity index (χ0) is 12.4. The predicted molar refractivity (Wildman–Crippen MR) is 70.8 cm³/mol. The Morgan fingerprint density at radius 1 is 1.41 bits per heavy atom. The maximum Gasteiger partial charge on any atom is 0.199 e. The van der Waals surface area contributed by atoms with Crippen LogP contribution in [0.5, 0.6) is 5.75 Å². The van der Waals surface area contributed by atoms with E-state index in [0.717, 1.165) is 11.3 Å². The summed E-state index contributed by atoms with van der Waals surface area (Å²) in [6.45, 7) is 0. The molecule has 0 atom stereocenters. The van der Waals surface area contributed by atoms with Gasteiger partial charge in [0.2, 0.25) is 0 Å². The summed E-state index contributed by atoms with van der Waals surface area (Å²) in [6, 6.07) is 7.00. The highest BCUT2D eigenvalue weighted by Crippen LogP contribution is 2.31. The maximum absolute atomic E-state index is 5.96. The van der Waals surface area contributed by atoms with Crippen molar-refractivity contribution in [2.24, 2.45) is 0 Å². The fourth-order valence-electron chi connectivity index (χ4n) is 1.51. The lowest BCUT2D eigenvalue weighted by Gasteiger charge is -2.09. The van der Waals surface area contributed by atoms with Gasteiger partial charge in [-0.05, 0) is 30.4 Å². The highest BCUT2D eigenvalue weighted by Gasteiger charge is 2.08. The molecule has 0 spiro atoms. The molecule has 6 heteroatoms. The number of nitrogens with two attached hydrogens (primary N) is 1. The van der Waals surface area contributed by atoms with E-state index in [1.165, 1.54) is 0 Å². The van der Waals surface area contributed by atoms with Crippen LogP contribution in [0.4, 0.5) is 5.82 Å². The lowest BCUT2D eigenvalue weighted by atomic mass is 10.1. The molecule has 0 bridgehead atoms. The van der Waals surface area contributed by atoms with E-state index in [1.54, 1.807) is 31.4 Å². The van der Waals surface area contributed by atoms with Crippen LogP contribution in [0.1, 0.15) is 0 Å². The molecule has 0 saturated carbocycles. The highest BCUT2D eigenvalue weighted by molar-refractivity contribution is 7.71. The molecule has 0 fully saturated rings. The summed E-state index contributed by atoms with van der Waals surface area (Å²) >= 11 is 10.9. The Morgan fingerprint density at radius 3 is 2.82 bits per heavy atom. The quantitative estimate of drug-likeness (QED) is 0.821. The van der Waals surface area contributed by atoms with Gasteiger partial charge in [0.15, 0.2) is 4.77 Å². The Morgan fingerprint density at radius 2 is 2.18 bits per heavy atom. The molecule has 0 radical (unpaired) electrons. The van der Waals surface area contributed by atoms with Gasteiger partial charge in [-0.25, -0.2) is 4.98 Å². The number of H-pyrrole nitrogens is 1. The average molecular weight is 268 g/mol. The molecule has 1 heterocycles. The van der Waals surface area contributed by atoms with E-state index in [-0.39, 0.29) is 0 Å². The number of nitrogen functional groups attached to an aromatic ring is 1. The maximum atomic E-state index is 5.96. The van der Waals surface area contributed by atoms with Crippen molar-refractivity contribution in [2.75, 3.05) is 12.8 Å². The molecule has 3 N–H and O–H groups in total. The predicted octanol–water partition coefficient (Wildman–Crippen LogP) is 3.05. The Balaban J connectivity index is 2.66. The Kier molecular flexibility index (Phi) is 3.31. The molecule has 0 aliphatic carbocycles. The summed E-state index contributed by atoms with van der Waals surface area (Å²) in [6.07, 6.45) is 0. The first kappa shape index (κ1) is 11.9. The van der Waals surface area contributed by atoms with Gasteiger partial charge in [-0.15, -0.1) is 0 Å². The summed E-state index contributed by atoms with van der Waals surface area (Å²) < 4.78 is 5.58. The first-order chi connectivity index (χ1) is 8.10. The molecule has 17 heavy (non-hydrogen) atoms. The van der Waals surface area contributed by atoms with Crippen molar-refractivity contribution in [3.63, 3.8) is 0 Å². The molecule has 2 aromatic rings. The molecule has 2 rings (SSSR count). The van der Waals surface area contributed by atoms with Crippen molar-refractivity contribution in [3.05, 3.63) is 34.1 Å². The van der Waals surface area contributed by atoms with Crippen LogP contribution in [0.3, 0.4) is 0 Å². The average Bonchev–Trinajstić information content (AvgIpc) is 2.27. The van der Waals surface area contributed by atoms with Gasteiger partial charge in [-0.3, -0.25) is 0 Å². The van der Waals surface area contributed by atoms with Crippen molar-refractivity contribution in [1.29, 1.82) is 0 Å². The minimum Gasteiger partial charge on any atom is -0.496 e. The highest BCUT2D eigenvalue weighted by atomic mass is 35.5. The van der Waals surface area contributed by atoms with Crippen molar-refractivity contribution < 1.29 is 4.74 Å². The van der Waals surface area contributed by atoms with E-state index in [0.29, 0.717) is 21.4 Å². The van der Waals surface area contributed by atoms with Crippen molar-refractivity contribution in [3.8, 4) is 17.0 Å². The third kappa shape index (κ3) is 2.57. The van der Waals surface area contributed by atoms with Crippen LogP contribution in [0.15, 0.2) is 24.3 Å². The Labute approximate surface area is 108 Å². The van der Waals surface area contributed by atoms with Gasteiger partial charge in [0.1, 0.15) is 11.6 Å². The van der Waals surface area contributed by atoms with Gasteiger partial charge in [-0.1, -0.05) is 11.6 Å². The van der Waals surface area contributed by atoms with E-state index in [9.17, 15) is 0 Å². The Hall–Kier alpha value is -1.59. The molecule has 1 aromatic carbocycles. The molecular weight excluding hydrogens is 258 g/mol. The second-order valence-electron chi connectivity index (χ2n) is 3.37. The van der Waals surface area contributed by atoms with Crippen molar-refractivity contribution >= 4 is 29.6 Å². The molecular formula is C11H10ClN3OS. The zero-order valence-electron chi connectivity index (χ0n) is 9.03. The number of aromatic amines is 1. The fraction of sp³-hybridized carbons (Fsp3) is 0.0909. The summed E-state index contributed by atoms with van der Waals surface area (Å²) in [5, 5.41) is 0.607. The number of hydrogen-bond donors (Lipinski definition) is 2. The number of anilines is 1. The lowest BCUT2D eigenvalue weighted by Crippen LogP contribution is -1.96. The summed E-state index contributed by atoms with van der Waals surface area (Å²) in [5.74, 6) is 1.04. The topological polar surface area (TPSA) is 63.9 Å². The molecule has 0 amide bonds. The molecule has 88 valence electrons. The molecule has 0 aliphatic heterocycles. The standard InChI is InChI=1S/C11H10ClN3OS/c1-16-9-3-2-6(12)4-7(9)8-5-10(13)15-11(17)14-8/h2-5H,1H3,(H3,13,14,15,17). The molecule has 0 aliphatic rings. The molecule has 0 saturated heterocycles. The van der Waals surface area contributed by atoms with Crippen molar-refractivity contribution in [2.45, 2.75) is 0 Å². The minimum absolute atomic E-state index is 0.321. The smallest absolute Gasteiger partial charge is 0.199 e. The summed E-state index contributed by atoms with van der Waals surface area (Å²) in [7, 11) is 1.59. The number of methoxy groups -OCH3 is 1. The summed E-state index contributed by atoms with van der Waals surface area (Å²) in [4.78, 5) is 6.85. The van der Waals surface area contributed by atoms with Gasteiger partial charge >= 0.3 is 0 Å². The number of benzene rings is 1. The Bertz CT molecular complexity index is 612. The van der Waals surface area contributed by atoms with Gasteiger partial charge < -0.3 is 15.5 Å². The zero-order valence-corrected chi connectivity index (χ0v) is 10.6. The summed E-state index contributed by atoms with van der Waals surface area (Å²) in [5.41, 5.74) is 7.17. The second-order valence-corrected chi connectivity index (χ2v) is 4.19. The van der Waals surface area contributed by atoms with E-state index in [1.807, 2.05) is 0 Å². The van der Waals surface area contributed by atoms with Crippen LogP contribution in [-0.4, -0.2) is 17.1 Å². The van der Waals surface area contributed by atoms with Crippen LogP contribution < -0.4 is 10.5 Å². The SMILES string of the molecule is COc1ccc(Cl)cc1-c1cc(N)nc(=S)[nH]1. The number of nitrogens with one attached hydrogen (secondary N) is 1. The fourth-order valence-corrected chi connectivity index (χ4v) is 1.90. The first-order valence-electron chi connectivity index (χ1n) is 4.81. The molecule has 1 aromatic heterocycles. The van der Waals surface area contributed by atoms with E-state index in [4.69, 9.17) is 34.3 Å². The van der Waals surface area contributed by atoms with Gasteiger partial charge in [0.05, 0.1) is 12.8 Å². The van der Waals surface area contributed by atoms with Crippen LogP contribution in [-0.2, 0) is 0 Å². The number of rotatable bonds is 2. The van der Waals surface area contributed by atoms with Gasteiger partial charge in [0, 0.05) is 16.7 Å². The van der Waals surface area contributed by atoms with Crippen LogP contribution in [0.25, 0.3) is 11.3 Å². The van der Waals surface area contributed by atoms with Crippen LogP contribution >= 0.6 is 23.8 Å². The van der Waals surface area contributed by atoms with E-state index in [2.05, 4.69) is 9.97 Å². The molecule has 0 unspecified atom stereocenters. The normalized spacial score (nSPS) is 10.2. The number of nitrogens with zero attached hydrogens (tertiary/aromatic N) is 1. The number of ether oxygens (including phenoxy) is 1. The van der Waals surface area contributed by atoms with Gasteiger partial charge in [0.25, 0.3) is 0 Å². The largest absolute Gasteiger partial charge is 0.496 e. The second kappa shape index (κ2) is 4.73. The monoisotopic (exact) mass is 267 g/mol. The number of aromatic nitrogens is 2. The number of halogens is 1. The number of hydrogen-bond acceptors (Lipinski definition) is 4. The third-order valence-electron chi connectivity index (χ3n) is 2.22. The van der Waals surface area contributed by atoms with Gasteiger partial charge in [-0.2, -0.15) is 0 Å². The minimum atomic E-state index is 0.321.